The summed E-state index contributed by atoms with van der Waals surface area (Å²) in [6.45, 7) is 6.58. The van der Waals surface area contributed by atoms with E-state index in [1.54, 1.807) is 12.1 Å². The monoisotopic (exact) mass is 400 g/mol. The van der Waals surface area contributed by atoms with Gasteiger partial charge < -0.3 is 15.0 Å². The zero-order valence-electron chi connectivity index (χ0n) is 17.2. The maximum Gasteiger partial charge on any atom is 0.247 e. The topological polar surface area (TPSA) is 58.6 Å². The number of hydrogen-bond acceptors (Lipinski definition) is 3. The molecule has 2 rings (SSSR count). The molecule has 0 fully saturated rings. The van der Waals surface area contributed by atoms with Gasteiger partial charge in [0, 0.05) is 26.6 Å². The second-order valence-corrected chi connectivity index (χ2v) is 7.15. The first kappa shape index (κ1) is 22.6. The number of rotatable bonds is 10. The molecule has 0 aliphatic rings. The lowest BCUT2D eigenvalue weighted by atomic mass is 10.0. The Morgan fingerprint density at radius 3 is 2.31 bits per heavy atom. The minimum Gasteiger partial charge on any atom is -0.379 e. The van der Waals surface area contributed by atoms with Gasteiger partial charge in [0.2, 0.25) is 11.8 Å². The van der Waals surface area contributed by atoms with E-state index in [0.29, 0.717) is 19.6 Å². The average Bonchev–Trinajstić information content (AvgIpc) is 2.69. The highest BCUT2D eigenvalue weighted by Crippen LogP contribution is 2.24. The molecule has 1 N–H and O–H groups in total. The lowest BCUT2D eigenvalue weighted by Gasteiger charge is -2.30. The quantitative estimate of drug-likeness (QED) is 0.617. The minimum absolute atomic E-state index is 0.145. The van der Waals surface area contributed by atoms with Crippen LogP contribution in [0.5, 0.6) is 0 Å². The molecule has 0 aliphatic heterocycles. The Labute approximate surface area is 171 Å². The lowest BCUT2D eigenvalue weighted by molar-refractivity contribution is -0.140. The molecule has 0 aliphatic carbocycles. The van der Waals surface area contributed by atoms with Crippen LogP contribution in [0.25, 0.3) is 0 Å². The molecule has 0 heterocycles. The van der Waals surface area contributed by atoms with Gasteiger partial charge in [0.1, 0.15) is 11.9 Å². The maximum atomic E-state index is 13.2. The molecule has 0 aromatic heterocycles. The van der Waals surface area contributed by atoms with Crippen molar-refractivity contribution in [1.82, 2.24) is 10.2 Å². The van der Waals surface area contributed by atoms with Crippen LogP contribution in [0.2, 0.25) is 0 Å². The Balaban J connectivity index is 2.17. The van der Waals surface area contributed by atoms with Gasteiger partial charge in [-0.25, -0.2) is 4.39 Å². The molecule has 0 spiro atoms. The number of nitrogens with one attached hydrogen (secondary N) is 1. The Hall–Kier alpha value is -2.73. The summed E-state index contributed by atoms with van der Waals surface area (Å²) in [7, 11) is 0. The molecule has 156 valence electrons. The fourth-order valence-corrected chi connectivity index (χ4v) is 2.98. The van der Waals surface area contributed by atoms with E-state index in [4.69, 9.17) is 4.74 Å². The summed E-state index contributed by atoms with van der Waals surface area (Å²) >= 11 is 0. The summed E-state index contributed by atoms with van der Waals surface area (Å²) in [5.41, 5.74) is 1.47. The van der Waals surface area contributed by atoms with Gasteiger partial charge in [0.25, 0.3) is 0 Å². The first-order valence-electron chi connectivity index (χ1n) is 9.84. The van der Waals surface area contributed by atoms with Crippen molar-refractivity contribution in [3.63, 3.8) is 0 Å². The van der Waals surface area contributed by atoms with Gasteiger partial charge >= 0.3 is 0 Å². The van der Waals surface area contributed by atoms with Crippen molar-refractivity contribution in [2.75, 3.05) is 13.2 Å². The zero-order chi connectivity index (χ0) is 21.2. The van der Waals surface area contributed by atoms with Crippen molar-refractivity contribution in [2.45, 2.75) is 45.9 Å². The van der Waals surface area contributed by atoms with Crippen LogP contribution >= 0.6 is 0 Å². The normalized spacial score (nSPS) is 11.9. The van der Waals surface area contributed by atoms with Crippen molar-refractivity contribution < 1.29 is 18.7 Å². The van der Waals surface area contributed by atoms with Crippen molar-refractivity contribution in [3.05, 3.63) is 71.5 Å². The number of ether oxygens (including phenoxy) is 1. The molecule has 2 amide bonds. The van der Waals surface area contributed by atoms with E-state index in [0.717, 1.165) is 11.1 Å². The highest BCUT2D eigenvalue weighted by Gasteiger charge is 2.29. The highest BCUT2D eigenvalue weighted by molar-refractivity contribution is 5.88. The standard InChI is InChI=1S/C23H29FN2O3/c1-17(2)29-15-7-14-25-23(28)22(20-8-5-4-6-9-20)26(18(3)27)16-19-10-12-21(24)13-11-19/h4-6,8-13,17,22H,7,14-16H2,1-3H3,(H,25,28)/t22-/m1/s1. The van der Waals surface area contributed by atoms with Gasteiger partial charge in [0.15, 0.2) is 0 Å². The lowest BCUT2D eigenvalue weighted by Crippen LogP contribution is -2.43. The summed E-state index contributed by atoms with van der Waals surface area (Å²) in [6, 6.07) is 14.3. The van der Waals surface area contributed by atoms with Crippen LogP contribution < -0.4 is 5.32 Å². The van der Waals surface area contributed by atoms with Gasteiger partial charge in [0.05, 0.1) is 6.10 Å². The van der Waals surface area contributed by atoms with Crippen LogP contribution in [-0.4, -0.2) is 36.0 Å². The first-order valence-corrected chi connectivity index (χ1v) is 9.84. The third kappa shape index (κ3) is 7.31. The highest BCUT2D eigenvalue weighted by atomic mass is 19.1. The van der Waals surface area contributed by atoms with Crippen molar-refractivity contribution >= 4 is 11.8 Å². The van der Waals surface area contributed by atoms with Crippen LogP contribution in [-0.2, 0) is 20.9 Å². The van der Waals surface area contributed by atoms with Crippen LogP contribution in [0.1, 0.15) is 44.4 Å². The van der Waals surface area contributed by atoms with Crippen molar-refractivity contribution in [1.29, 1.82) is 0 Å². The Kier molecular flexibility index (Phi) is 8.80. The molecule has 0 saturated carbocycles. The maximum absolute atomic E-state index is 13.2. The summed E-state index contributed by atoms with van der Waals surface area (Å²) < 4.78 is 18.7. The Morgan fingerprint density at radius 1 is 1.07 bits per heavy atom. The summed E-state index contributed by atoms with van der Waals surface area (Å²) in [5.74, 6) is -0.830. The van der Waals surface area contributed by atoms with Crippen LogP contribution in [0.3, 0.4) is 0 Å². The summed E-state index contributed by atoms with van der Waals surface area (Å²) in [6.07, 6.45) is 0.829. The molecule has 0 bridgehead atoms. The molecular formula is C23H29FN2O3. The SMILES string of the molecule is CC(=O)N(Cc1ccc(F)cc1)[C@@H](C(=O)NCCCOC(C)C)c1ccccc1. The third-order valence-corrected chi connectivity index (χ3v) is 4.42. The van der Waals surface area contributed by atoms with E-state index >= 15 is 0 Å². The molecule has 0 unspecified atom stereocenters. The molecule has 6 heteroatoms. The number of benzene rings is 2. The molecule has 0 saturated heterocycles. The third-order valence-electron chi connectivity index (χ3n) is 4.42. The van der Waals surface area contributed by atoms with Gasteiger partial charge in [-0.2, -0.15) is 0 Å². The number of carbonyl (C=O) groups is 2. The molecule has 2 aromatic rings. The van der Waals surface area contributed by atoms with E-state index in [9.17, 15) is 14.0 Å². The number of amides is 2. The number of halogens is 1. The first-order chi connectivity index (χ1) is 13.9. The number of carbonyl (C=O) groups excluding carboxylic acids is 2. The largest absolute Gasteiger partial charge is 0.379 e. The number of hydrogen-bond donors (Lipinski definition) is 1. The Bertz CT molecular complexity index is 778. The van der Waals surface area contributed by atoms with Crippen molar-refractivity contribution in [2.24, 2.45) is 0 Å². The van der Waals surface area contributed by atoms with Crippen LogP contribution in [0, 0.1) is 5.82 Å². The predicted octanol–water partition coefficient (Wildman–Crippen LogP) is 3.85. The fourth-order valence-electron chi connectivity index (χ4n) is 2.98. The fraction of sp³-hybridized carbons (Fsp3) is 0.391. The Morgan fingerprint density at radius 2 is 1.72 bits per heavy atom. The van der Waals surface area contributed by atoms with Gasteiger partial charge in [-0.15, -0.1) is 0 Å². The van der Waals surface area contributed by atoms with Crippen LogP contribution in [0.15, 0.2) is 54.6 Å². The van der Waals surface area contributed by atoms with Crippen LogP contribution in [0.4, 0.5) is 4.39 Å². The summed E-state index contributed by atoms with van der Waals surface area (Å²) in [5, 5.41) is 2.91. The van der Waals surface area contributed by atoms with Gasteiger partial charge in [-0.05, 0) is 43.5 Å². The van der Waals surface area contributed by atoms with Crippen molar-refractivity contribution in [3.8, 4) is 0 Å². The zero-order valence-corrected chi connectivity index (χ0v) is 17.2. The van der Waals surface area contributed by atoms with E-state index in [2.05, 4.69) is 5.32 Å². The van der Waals surface area contributed by atoms with E-state index in [1.807, 2.05) is 44.2 Å². The van der Waals surface area contributed by atoms with Gasteiger partial charge in [-0.1, -0.05) is 42.5 Å². The molecule has 29 heavy (non-hydrogen) atoms. The van der Waals surface area contributed by atoms with Gasteiger partial charge in [-0.3, -0.25) is 9.59 Å². The molecule has 5 nitrogen and oxygen atoms in total. The number of nitrogens with zero attached hydrogens (tertiary/aromatic N) is 1. The second kappa shape index (κ2) is 11.3. The predicted molar refractivity (Wildman–Crippen MR) is 111 cm³/mol. The minimum atomic E-state index is -0.773. The van der Waals surface area contributed by atoms with E-state index < -0.39 is 6.04 Å². The molecular weight excluding hydrogens is 371 g/mol. The van der Waals surface area contributed by atoms with E-state index in [-0.39, 0.29) is 30.3 Å². The molecule has 1 atom stereocenters. The average molecular weight is 400 g/mol. The van der Waals surface area contributed by atoms with E-state index in [1.165, 1.54) is 24.0 Å². The smallest absolute Gasteiger partial charge is 0.247 e. The second-order valence-electron chi connectivity index (χ2n) is 7.15. The molecule has 0 radical (unpaired) electrons. The summed E-state index contributed by atoms with van der Waals surface area (Å²) in [4.78, 5) is 27.0. The molecule has 2 aromatic carbocycles.